The van der Waals surface area contributed by atoms with E-state index in [0.717, 1.165) is 18.2 Å². The van der Waals surface area contributed by atoms with Crippen molar-refractivity contribution in [3.05, 3.63) is 53.3 Å². The van der Waals surface area contributed by atoms with Crippen molar-refractivity contribution in [3.63, 3.8) is 0 Å². The van der Waals surface area contributed by atoms with Crippen LogP contribution in [0.25, 0.3) is 11.1 Å². The summed E-state index contributed by atoms with van der Waals surface area (Å²) in [5.41, 5.74) is 3.65. The average molecular weight is 299 g/mol. The van der Waals surface area contributed by atoms with Crippen LogP contribution in [0.2, 0.25) is 0 Å². The van der Waals surface area contributed by atoms with E-state index in [4.69, 9.17) is 5.73 Å². The minimum Gasteiger partial charge on any atom is -0.507 e. The van der Waals surface area contributed by atoms with E-state index >= 15 is 0 Å². The number of phenols is 1. The fourth-order valence-electron chi connectivity index (χ4n) is 1.84. The molecule has 0 bridgehead atoms. The highest BCUT2D eigenvalue weighted by atomic mass is 19.4. The summed E-state index contributed by atoms with van der Waals surface area (Å²) in [6.07, 6.45) is -4.83. The maximum atomic E-state index is 13.2. The van der Waals surface area contributed by atoms with Crippen LogP contribution in [-0.4, -0.2) is 11.0 Å². The molecule has 0 spiro atoms. The van der Waals surface area contributed by atoms with Crippen molar-refractivity contribution in [2.75, 3.05) is 0 Å². The van der Waals surface area contributed by atoms with Crippen LogP contribution in [0.3, 0.4) is 0 Å². The lowest BCUT2D eigenvalue weighted by Gasteiger charge is -2.11. The highest BCUT2D eigenvalue weighted by Gasteiger charge is 2.34. The van der Waals surface area contributed by atoms with Crippen molar-refractivity contribution in [3.8, 4) is 16.9 Å². The molecule has 1 amide bonds. The van der Waals surface area contributed by atoms with Crippen molar-refractivity contribution in [1.82, 2.24) is 0 Å². The first-order valence-electron chi connectivity index (χ1n) is 5.70. The first kappa shape index (κ1) is 14.8. The minimum absolute atomic E-state index is 0.0474. The Morgan fingerprint density at radius 1 is 1.05 bits per heavy atom. The molecule has 0 aliphatic heterocycles. The lowest BCUT2D eigenvalue weighted by molar-refractivity contribution is -0.139. The number of carbonyl (C=O) groups is 1. The van der Waals surface area contributed by atoms with Crippen molar-refractivity contribution < 1.29 is 27.5 Å². The number of nitrogens with two attached hydrogens (primary N) is 1. The van der Waals surface area contributed by atoms with E-state index in [9.17, 15) is 27.5 Å². The van der Waals surface area contributed by atoms with Crippen LogP contribution in [0.4, 0.5) is 17.6 Å². The number of halogens is 4. The maximum absolute atomic E-state index is 13.2. The lowest BCUT2D eigenvalue weighted by atomic mass is 10.00. The van der Waals surface area contributed by atoms with E-state index in [-0.39, 0.29) is 22.4 Å². The van der Waals surface area contributed by atoms with Gasteiger partial charge in [0.1, 0.15) is 11.6 Å². The molecule has 0 aromatic heterocycles. The zero-order valence-corrected chi connectivity index (χ0v) is 10.4. The van der Waals surface area contributed by atoms with Gasteiger partial charge in [0.2, 0.25) is 0 Å². The monoisotopic (exact) mass is 299 g/mol. The minimum atomic E-state index is -4.83. The summed E-state index contributed by atoms with van der Waals surface area (Å²) in [6.45, 7) is 0. The number of primary amides is 1. The molecule has 0 radical (unpaired) electrons. The van der Waals surface area contributed by atoms with Gasteiger partial charge in [-0.1, -0.05) is 12.1 Å². The van der Waals surface area contributed by atoms with E-state index < -0.39 is 23.5 Å². The molecule has 2 rings (SSSR count). The van der Waals surface area contributed by atoms with E-state index in [1.165, 1.54) is 6.07 Å². The van der Waals surface area contributed by atoms with Crippen molar-refractivity contribution in [2.45, 2.75) is 6.18 Å². The Bertz CT molecular complexity index is 711. The van der Waals surface area contributed by atoms with Gasteiger partial charge in [-0.3, -0.25) is 4.79 Å². The Morgan fingerprint density at radius 2 is 1.62 bits per heavy atom. The van der Waals surface area contributed by atoms with Gasteiger partial charge in [-0.15, -0.1) is 0 Å². The van der Waals surface area contributed by atoms with Gasteiger partial charge >= 0.3 is 6.18 Å². The van der Waals surface area contributed by atoms with Crippen LogP contribution in [0.5, 0.6) is 5.75 Å². The largest absolute Gasteiger partial charge is 0.507 e. The van der Waals surface area contributed by atoms with Crippen LogP contribution >= 0.6 is 0 Å². The Balaban J connectivity index is 2.58. The van der Waals surface area contributed by atoms with Crippen LogP contribution in [0, 0.1) is 5.82 Å². The average Bonchev–Trinajstić information content (AvgIpc) is 2.38. The van der Waals surface area contributed by atoms with Gasteiger partial charge in [-0.2, -0.15) is 13.2 Å². The quantitative estimate of drug-likeness (QED) is 0.836. The van der Waals surface area contributed by atoms with Gasteiger partial charge in [0.05, 0.1) is 11.1 Å². The number of hydrogen-bond acceptors (Lipinski definition) is 2. The zero-order chi connectivity index (χ0) is 15.8. The predicted molar refractivity (Wildman–Crippen MR) is 67.0 cm³/mol. The number of benzene rings is 2. The van der Waals surface area contributed by atoms with Gasteiger partial charge in [-0.05, 0) is 35.4 Å². The van der Waals surface area contributed by atoms with Gasteiger partial charge in [0.15, 0.2) is 0 Å². The maximum Gasteiger partial charge on any atom is 0.419 e. The first-order chi connectivity index (χ1) is 9.70. The molecule has 7 heteroatoms. The molecule has 110 valence electrons. The summed E-state index contributed by atoms with van der Waals surface area (Å²) in [4.78, 5) is 11.1. The second-order valence-electron chi connectivity index (χ2n) is 4.29. The van der Waals surface area contributed by atoms with Gasteiger partial charge in [-0.25, -0.2) is 4.39 Å². The van der Waals surface area contributed by atoms with Crippen molar-refractivity contribution in [1.29, 1.82) is 0 Å². The third kappa shape index (κ3) is 2.96. The standard InChI is InChI=1S/C14H9F4NO2/c15-11-3-1-8(6-10(11)14(16,17)18)7-2-4-12(20)9(5-7)13(19)21/h1-6,20H,(H2,19,21). The van der Waals surface area contributed by atoms with E-state index in [1.807, 2.05) is 0 Å². The van der Waals surface area contributed by atoms with Gasteiger partial charge < -0.3 is 10.8 Å². The van der Waals surface area contributed by atoms with Crippen LogP contribution in [-0.2, 0) is 6.18 Å². The fourth-order valence-corrected chi connectivity index (χ4v) is 1.84. The Labute approximate surface area is 116 Å². The number of alkyl halides is 3. The second-order valence-corrected chi connectivity index (χ2v) is 4.29. The number of amides is 1. The highest BCUT2D eigenvalue weighted by Crippen LogP contribution is 2.35. The first-order valence-corrected chi connectivity index (χ1v) is 5.70. The van der Waals surface area contributed by atoms with E-state index in [0.29, 0.717) is 12.1 Å². The molecule has 0 saturated heterocycles. The molecule has 0 atom stereocenters. The van der Waals surface area contributed by atoms with Crippen molar-refractivity contribution in [2.24, 2.45) is 5.73 Å². The molecule has 3 N–H and O–H groups in total. The molecular weight excluding hydrogens is 290 g/mol. The third-order valence-electron chi connectivity index (χ3n) is 2.87. The van der Waals surface area contributed by atoms with Gasteiger partial charge in [0.25, 0.3) is 5.91 Å². The van der Waals surface area contributed by atoms with Gasteiger partial charge in [0, 0.05) is 0 Å². The van der Waals surface area contributed by atoms with Crippen LogP contribution in [0.15, 0.2) is 36.4 Å². The molecule has 0 aliphatic carbocycles. The topological polar surface area (TPSA) is 63.3 Å². The lowest BCUT2D eigenvalue weighted by Crippen LogP contribution is -2.11. The van der Waals surface area contributed by atoms with E-state index in [1.54, 1.807) is 0 Å². The zero-order valence-electron chi connectivity index (χ0n) is 10.4. The molecule has 21 heavy (non-hydrogen) atoms. The Kier molecular flexibility index (Phi) is 3.59. The Morgan fingerprint density at radius 3 is 2.19 bits per heavy atom. The molecule has 0 saturated carbocycles. The number of rotatable bonds is 2. The fraction of sp³-hybridized carbons (Fsp3) is 0.0714. The summed E-state index contributed by atoms with van der Waals surface area (Å²) < 4.78 is 51.2. The van der Waals surface area contributed by atoms with Crippen LogP contribution < -0.4 is 5.73 Å². The summed E-state index contributed by atoms with van der Waals surface area (Å²) >= 11 is 0. The number of carbonyl (C=O) groups excluding carboxylic acids is 1. The molecule has 0 fully saturated rings. The molecule has 0 heterocycles. The number of hydrogen-bond donors (Lipinski definition) is 2. The summed E-state index contributed by atoms with van der Waals surface area (Å²) in [6, 6.07) is 6.04. The summed E-state index contributed by atoms with van der Waals surface area (Å²) in [7, 11) is 0. The third-order valence-corrected chi connectivity index (χ3v) is 2.87. The van der Waals surface area contributed by atoms with Crippen LogP contribution in [0.1, 0.15) is 15.9 Å². The molecule has 3 nitrogen and oxygen atoms in total. The van der Waals surface area contributed by atoms with E-state index in [2.05, 4.69) is 0 Å². The normalized spacial score (nSPS) is 11.4. The predicted octanol–water partition coefficient (Wildman–Crippen LogP) is 3.32. The SMILES string of the molecule is NC(=O)c1cc(-c2ccc(F)c(C(F)(F)F)c2)ccc1O. The highest BCUT2D eigenvalue weighted by molar-refractivity contribution is 5.96. The molecule has 0 aliphatic rings. The smallest absolute Gasteiger partial charge is 0.419 e. The number of aromatic hydroxyl groups is 1. The molecule has 2 aromatic carbocycles. The second kappa shape index (κ2) is 5.08. The van der Waals surface area contributed by atoms with Crippen molar-refractivity contribution >= 4 is 5.91 Å². The molecular formula is C14H9F4NO2. The Hall–Kier alpha value is -2.57. The molecule has 2 aromatic rings. The molecule has 0 unspecified atom stereocenters. The summed E-state index contributed by atoms with van der Waals surface area (Å²) in [5, 5.41) is 9.44. The summed E-state index contributed by atoms with van der Waals surface area (Å²) in [5.74, 6) is -2.70.